The number of benzene rings is 1. The number of ether oxygens (including phenoxy) is 2. The van der Waals surface area contributed by atoms with Gasteiger partial charge in [0.1, 0.15) is 11.2 Å². The topological polar surface area (TPSA) is 76.1 Å². The average Bonchev–Trinajstić information content (AvgIpc) is 3.01. The van der Waals surface area contributed by atoms with E-state index in [2.05, 4.69) is 0 Å². The molecule has 1 saturated heterocycles. The maximum Gasteiger partial charge on any atom is 0.313 e. The minimum Gasteiger partial charge on any atom is -0.497 e. The number of aliphatic carboxylic acids is 1. The van der Waals surface area contributed by atoms with E-state index in [1.165, 1.54) is 7.11 Å². The third kappa shape index (κ3) is 4.26. The summed E-state index contributed by atoms with van der Waals surface area (Å²) < 4.78 is 10.2. The molecule has 1 amide bonds. The lowest BCUT2D eigenvalue weighted by molar-refractivity contribution is -0.151. The van der Waals surface area contributed by atoms with E-state index < -0.39 is 11.4 Å². The number of aryl methyl sites for hydroxylation is 1. The van der Waals surface area contributed by atoms with Crippen LogP contribution in [0.1, 0.15) is 24.8 Å². The van der Waals surface area contributed by atoms with Gasteiger partial charge in [0.2, 0.25) is 5.91 Å². The van der Waals surface area contributed by atoms with Crippen molar-refractivity contribution in [1.82, 2.24) is 4.90 Å². The van der Waals surface area contributed by atoms with Crippen molar-refractivity contribution in [2.75, 3.05) is 33.9 Å². The molecular formula is C18H25NO5. The predicted molar refractivity (Wildman–Crippen MR) is 89.1 cm³/mol. The van der Waals surface area contributed by atoms with E-state index >= 15 is 0 Å². The number of carbonyl (C=O) groups excluding carboxylic acids is 1. The number of hydrogen-bond donors (Lipinski definition) is 1. The van der Waals surface area contributed by atoms with Crippen LogP contribution in [0.4, 0.5) is 0 Å². The summed E-state index contributed by atoms with van der Waals surface area (Å²) in [7, 11) is 3.12. The first-order valence-electron chi connectivity index (χ1n) is 8.14. The number of amides is 1. The third-order valence-corrected chi connectivity index (χ3v) is 4.60. The summed E-state index contributed by atoms with van der Waals surface area (Å²) in [4.78, 5) is 25.5. The van der Waals surface area contributed by atoms with Crippen molar-refractivity contribution in [3.8, 4) is 5.75 Å². The summed E-state index contributed by atoms with van der Waals surface area (Å²) in [5, 5.41) is 9.43. The normalized spacial score (nSPS) is 20.2. The highest BCUT2D eigenvalue weighted by atomic mass is 16.5. The molecule has 1 aromatic carbocycles. The Kier molecular flexibility index (Phi) is 6.20. The van der Waals surface area contributed by atoms with Gasteiger partial charge in [-0.15, -0.1) is 0 Å². The highest BCUT2D eigenvalue weighted by Crippen LogP contribution is 2.31. The fraction of sp³-hybridized carbons (Fsp3) is 0.556. The molecule has 2 rings (SSSR count). The Balaban J connectivity index is 1.81. The van der Waals surface area contributed by atoms with Crippen molar-refractivity contribution < 1.29 is 24.2 Å². The first kappa shape index (κ1) is 18.3. The standard InChI is InChI=1S/C18H25NO5/c1-23-13-18(17(21)22)10-11-19(12-18)16(20)5-3-4-14-6-8-15(24-2)9-7-14/h6-9H,3-5,10-13H2,1-2H3,(H,21,22). The Morgan fingerprint density at radius 2 is 1.96 bits per heavy atom. The van der Waals surface area contributed by atoms with E-state index in [1.54, 1.807) is 12.0 Å². The highest BCUT2D eigenvalue weighted by molar-refractivity contribution is 5.80. The van der Waals surface area contributed by atoms with Crippen LogP contribution in [0.2, 0.25) is 0 Å². The fourth-order valence-corrected chi connectivity index (χ4v) is 3.11. The molecule has 1 aromatic rings. The maximum absolute atomic E-state index is 12.3. The van der Waals surface area contributed by atoms with Crippen LogP contribution in [0.25, 0.3) is 0 Å². The van der Waals surface area contributed by atoms with Crippen LogP contribution in [0.3, 0.4) is 0 Å². The Labute approximate surface area is 142 Å². The molecule has 0 spiro atoms. The summed E-state index contributed by atoms with van der Waals surface area (Å²) in [6.07, 6.45) is 2.42. The quantitative estimate of drug-likeness (QED) is 0.786. The molecule has 0 aliphatic carbocycles. The van der Waals surface area contributed by atoms with E-state index in [0.29, 0.717) is 19.4 Å². The number of hydrogen-bond acceptors (Lipinski definition) is 4. The predicted octanol–water partition coefficient (Wildman–Crippen LogP) is 1.97. The number of carboxylic acid groups (broad SMARTS) is 1. The van der Waals surface area contributed by atoms with Crippen LogP contribution in [-0.2, 0) is 20.7 Å². The van der Waals surface area contributed by atoms with Gasteiger partial charge in [-0.2, -0.15) is 0 Å². The molecule has 24 heavy (non-hydrogen) atoms. The molecule has 0 saturated carbocycles. The zero-order chi connectivity index (χ0) is 17.6. The van der Waals surface area contributed by atoms with Gasteiger partial charge in [0, 0.05) is 26.6 Å². The Bertz CT molecular complexity index is 571. The van der Waals surface area contributed by atoms with Crippen LogP contribution in [0.5, 0.6) is 5.75 Å². The Morgan fingerprint density at radius 3 is 2.54 bits per heavy atom. The average molecular weight is 335 g/mol. The van der Waals surface area contributed by atoms with E-state index in [1.807, 2.05) is 24.3 Å². The second-order valence-electron chi connectivity index (χ2n) is 6.29. The monoisotopic (exact) mass is 335 g/mol. The molecule has 0 bridgehead atoms. The summed E-state index contributed by atoms with van der Waals surface area (Å²) in [5.41, 5.74) is 0.199. The first-order chi connectivity index (χ1) is 11.5. The minimum absolute atomic E-state index is 0.0164. The minimum atomic E-state index is -0.958. The third-order valence-electron chi connectivity index (χ3n) is 4.60. The van der Waals surface area contributed by atoms with Crippen molar-refractivity contribution in [2.45, 2.75) is 25.7 Å². The number of rotatable bonds is 8. The van der Waals surface area contributed by atoms with E-state index in [0.717, 1.165) is 24.2 Å². The van der Waals surface area contributed by atoms with Gasteiger partial charge in [-0.3, -0.25) is 9.59 Å². The second-order valence-corrected chi connectivity index (χ2v) is 6.29. The number of nitrogens with zero attached hydrogens (tertiary/aromatic N) is 1. The van der Waals surface area contributed by atoms with E-state index in [-0.39, 0.29) is 19.1 Å². The maximum atomic E-state index is 12.3. The lowest BCUT2D eigenvalue weighted by atomic mass is 9.88. The number of carboxylic acids is 1. The van der Waals surface area contributed by atoms with Gasteiger partial charge in [0.15, 0.2) is 0 Å². The molecule has 1 atom stereocenters. The molecule has 1 fully saturated rings. The zero-order valence-corrected chi connectivity index (χ0v) is 14.3. The molecule has 1 aliphatic heterocycles. The van der Waals surface area contributed by atoms with Crippen LogP contribution >= 0.6 is 0 Å². The molecule has 6 heteroatoms. The zero-order valence-electron chi connectivity index (χ0n) is 14.3. The van der Waals surface area contributed by atoms with Crippen molar-refractivity contribution in [3.63, 3.8) is 0 Å². The van der Waals surface area contributed by atoms with Gasteiger partial charge in [0.05, 0.1) is 13.7 Å². The molecule has 1 N–H and O–H groups in total. The van der Waals surface area contributed by atoms with Gasteiger partial charge < -0.3 is 19.5 Å². The van der Waals surface area contributed by atoms with Crippen LogP contribution in [0, 0.1) is 5.41 Å². The van der Waals surface area contributed by atoms with E-state index in [4.69, 9.17) is 9.47 Å². The van der Waals surface area contributed by atoms with Gasteiger partial charge in [-0.1, -0.05) is 12.1 Å². The summed E-state index contributed by atoms with van der Waals surface area (Å²) in [6.45, 7) is 0.854. The lowest BCUT2D eigenvalue weighted by Gasteiger charge is -2.23. The van der Waals surface area contributed by atoms with Crippen molar-refractivity contribution in [1.29, 1.82) is 0 Å². The molecule has 6 nitrogen and oxygen atoms in total. The molecule has 1 aliphatic rings. The van der Waals surface area contributed by atoms with Gasteiger partial charge in [-0.25, -0.2) is 0 Å². The summed E-state index contributed by atoms with van der Waals surface area (Å²) in [5.74, 6) is -0.0596. The Morgan fingerprint density at radius 1 is 1.25 bits per heavy atom. The highest BCUT2D eigenvalue weighted by Gasteiger charge is 2.46. The molecular weight excluding hydrogens is 310 g/mol. The van der Waals surface area contributed by atoms with Crippen molar-refractivity contribution in [3.05, 3.63) is 29.8 Å². The molecule has 132 valence electrons. The largest absolute Gasteiger partial charge is 0.497 e. The number of likely N-dealkylation sites (tertiary alicyclic amines) is 1. The van der Waals surface area contributed by atoms with Gasteiger partial charge in [-0.05, 0) is 37.0 Å². The van der Waals surface area contributed by atoms with Gasteiger partial charge >= 0.3 is 5.97 Å². The molecule has 0 aromatic heterocycles. The number of carbonyl (C=O) groups is 2. The van der Waals surface area contributed by atoms with Crippen LogP contribution in [-0.4, -0.2) is 55.8 Å². The summed E-state index contributed by atoms with van der Waals surface area (Å²) >= 11 is 0. The van der Waals surface area contributed by atoms with Crippen molar-refractivity contribution >= 4 is 11.9 Å². The second kappa shape index (κ2) is 8.15. The van der Waals surface area contributed by atoms with Crippen LogP contribution < -0.4 is 4.74 Å². The van der Waals surface area contributed by atoms with Crippen LogP contribution in [0.15, 0.2) is 24.3 Å². The summed E-state index contributed by atoms with van der Waals surface area (Å²) in [6, 6.07) is 7.80. The molecule has 1 unspecified atom stereocenters. The molecule has 0 radical (unpaired) electrons. The first-order valence-corrected chi connectivity index (χ1v) is 8.14. The SMILES string of the molecule is COCC1(C(=O)O)CCN(C(=O)CCCc2ccc(OC)cc2)C1. The smallest absolute Gasteiger partial charge is 0.313 e. The molecule has 1 heterocycles. The van der Waals surface area contributed by atoms with Crippen molar-refractivity contribution in [2.24, 2.45) is 5.41 Å². The Hall–Kier alpha value is -2.08. The van der Waals surface area contributed by atoms with Gasteiger partial charge in [0.25, 0.3) is 0 Å². The lowest BCUT2D eigenvalue weighted by Crippen LogP contribution is -2.40. The fourth-order valence-electron chi connectivity index (χ4n) is 3.11. The number of methoxy groups -OCH3 is 2. The van der Waals surface area contributed by atoms with E-state index in [9.17, 15) is 14.7 Å².